The molecule has 4 nitrogen and oxygen atoms in total. The molecule has 22 heavy (non-hydrogen) atoms. The van der Waals surface area contributed by atoms with Crippen molar-refractivity contribution in [2.75, 3.05) is 26.8 Å². The number of nitrogens with one attached hydrogen (secondary N) is 2. The van der Waals surface area contributed by atoms with Gasteiger partial charge >= 0.3 is 0 Å². The molecular formula is C17H26FN3O. The van der Waals surface area contributed by atoms with Crippen molar-refractivity contribution in [3.05, 3.63) is 35.1 Å². The number of hydrogen-bond acceptors (Lipinski definition) is 2. The normalized spacial score (nSPS) is 15.0. The molecule has 1 saturated carbocycles. The first kappa shape index (κ1) is 16.7. The minimum absolute atomic E-state index is 0.169. The molecule has 0 bridgehead atoms. The van der Waals surface area contributed by atoms with Crippen molar-refractivity contribution in [2.45, 2.75) is 32.7 Å². The first-order valence-electron chi connectivity index (χ1n) is 7.96. The summed E-state index contributed by atoms with van der Waals surface area (Å²) in [5, 5.41) is 6.48. The van der Waals surface area contributed by atoms with Crippen LogP contribution >= 0.6 is 0 Å². The molecule has 1 aromatic carbocycles. The van der Waals surface area contributed by atoms with Gasteiger partial charge in [-0.15, -0.1) is 0 Å². The van der Waals surface area contributed by atoms with Crippen LogP contribution in [0.2, 0.25) is 0 Å². The first-order chi connectivity index (χ1) is 10.7. The molecule has 5 heteroatoms. The maximum Gasteiger partial charge on any atom is 0.191 e. The lowest BCUT2D eigenvalue weighted by Crippen LogP contribution is -2.37. The second kappa shape index (κ2) is 8.73. The minimum atomic E-state index is -0.169. The Morgan fingerprint density at radius 2 is 2.18 bits per heavy atom. The van der Waals surface area contributed by atoms with Crippen LogP contribution in [0.1, 0.15) is 30.4 Å². The predicted molar refractivity (Wildman–Crippen MR) is 87.5 cm³/mol. The Morgan fingerprint density at radius 1 is 1.36 bits per heavy atom. The Kier molecular flexibility index (Phi) is 6.65. The highest BCUT2D eigenvalue weighted by atomic mass is 19.1. The average Bonchev–Trinajstić information content (AvgIpc) is 3.33. The Labute approximate surface area is 132 Å². The van der Waals surface area contributed by atoms with Gasteiger partial charge in [0.2, 0.25) is 0 Å². The van der Waals surface area contributed by atoms with Gasteiger partial charge in [-0.1, -0.05) is 12.1 Å². The molecule has 0 saturated heterocycles. The SMILES string of the molecule is CN=C(NCCCOCC1CC1)NCc1ccc(F)c(C)c1. The molecule has 0 amide bonds. The summed E-state index contributed by atoms with van der Waals surface area (Å²) in [6, 6.07) is 5.13. The maximum absolute atomic E-state index is 13.2. The number of halogens is 1. The second-order valence-electron chi connectivity index (χ2n) is 5.81. The molecular weight excluding hydrogens is 281 g/mol. The van der Waals surface area contributed by atoms with Crippen molar-refractivity contribution in [3.8, 4) is 0 Å². The molecule has 0 aromatic heterocycles. The van der Waals surface area contributed by atoms with Gasteiger partial charge in [0.05, 0.1) is 0 Å². The highest BCUT2D eigenvalue weighted by molar-refractivity contribution is 5.79. The van der Waals surface area contributed by atoms with E-state index in [0.717, 1.165) is 43.6 Å². The number of hydrogen-bond donors (Lipinski definition) is 2. The lowest BCUT2D eigenvalue weighted by Gasteiger charge is -2.12. The van der Waals surface area contributed by atoms with Crippen molar-refractivity contribution in [1.82, 2.24) is 10.6 Å². The summed E-state index contributed by atoms with van der Waals surface area (Å²) in [5.74, 6) is 1.41. The number of benzene rings is 1. The Hall–Kier alpha value is -1.62. The van der Waals surface area contributed by atoms with Crippen molar-refractivity contribution < 1.29 is 9.13 Å². The summed E-state index contributed by atoms with van der Waals surface area (Å²) in [6.45, 7) is 4.92. The number of guanidine groups is 1. The molecule has 1 fully saturated rings. The van der Waals surface area contributed by atoms with Gasteiger partial charge < -0.3 is 15.4 Å². The van der Waals surface area contributed by atoms with Gasteiger partial charge in [0, 0.05) is 33.4 Å². The van der Waals surface area contributed by atoms with Crippen LogP contribution in [0.3, 0.4) is 0 Å². The van der Waals surface area contributed by atoms with E-state index < -0.39 is 0 Å². The summed E-state index contributed by atoms with van der Waals surface area (Å²) in [6.07, 6.45) is 3.62. The van der Waals surface area contributed by atoms with Gasteiger partial charge in [0.1, 0.15) is 5.82 Å². The van der Waals surface area contributed by atoms with E-state index in [1.807, 2.05) is 6.07 Å². The van der Waals surface area contributed by atoms with Crippen molar-refractivity contribution in [2.24, 2.45) is 10.9 Å². The summed E-state index contributed by atoms with van der Waals surface area (Å²) >= 11 is 0. The zero-order valence-corrected chi connectivity index (χ0v) is 13.5. The molecule has 0 unspecified atom stereocenters. The zero-order valence-electron chi connectivity index (χ0n) is 13.5. The lowest BCUT2D eigenvalue weighted by atomic mass is 10.1. The van der Waals surface area contributed by atoms with Crippen LogP contribution in [-0.4, -0.2) is 32.8 Å². The summed E-state index contributed by atoms with van der Waals surface area (Å²) in [5.41, 5.74) is 1.70. The standard InChI is InChI=1S/C17H26FN3O/c1-13-10-15(6-7-16(13)18)11-21-17(19-2)20-8-3-9-22-12-14-4-5-14/h6-7,10,14H,3-5,8-9,11-12H2,1-2H3,(H2,19,20,21). The Bertz CT molecular complexity index is 501. The van der Waals surface area contributed by atoms with E-state index in [1.165, 1.54) is 18.9 Å². The van der Waals surface area contributed by atoms with Crippen LogP contribution in [0.4, 0.5) is 4.39 Å². The predicted octanol–water partition coefficient (Wildman–Crippen LogP) is 2.62. The van der Waals surface area contributed by atoms with Gasteiger partial charge in [-0.05, 0) is 49.3 Å². The third kappa shape index (κ3) is 6.02. The molecule has 2 rings (SSSR count). The van der Waals surface area contributed by atoms with E-state index in [2.05, 4.69) is 15.6 Å². The molecule has 2 N–H and O–H groups in total. The van der Waals surface area contributed by atoms with E-state index in [-0.39, 0.29) is 5.82 Å². The topological polar surface area (TPSA) is 45.7 Å². The van der Waals surface area contributed by atoms with Crippen LogP contribution in [0.15, 0.2) is 23.2 Å². The largest absolute Gasteiger partial charge is 0.381 e. The number of aliphatic imine (C=N–C) groups is 1. The van der Waals surface area contributed by atoms with E-state index in [9.17, 15) is 4.39 Å². The van der Waals surface area contributed by atoms with Crippen molar-refractivity contribution in [1.29, 1.82) is 0 Å². The first-order valence-corrected chi connectivity index (χ1v) is 7.96. The Balaban J connectivity index is 1.60. The quantitative estimate of drug-likeness (QED) is 0.441. The number of rotatable bonds is 8. The molecule has 0 heterocycles. The van der Waals surface area contributed by atoms with Crippen LogP contribution in [0.25, 0.3) is 0 Å². The average molecular weight is 307 g/mol. The van der Waals surface area contributed by atoms with E-state index >= 15 is 0 Å². The fourth-order valence-corrected chi connectivity index (χ4v) is 2.14. The van der Waals surface area contributed by atoms with Crippen LogP contribution in [0.5, 0.6) is 0 Å². The molecule has 1 aliphatic carbocycles. The third-order valence-electron chi connectivity index (χ3n) is 3.71. The van der Waals surface area contributed by atoms with E-state index in [4.69, 9.17) is 4.74 Å². The summed E-state index contributed by atoms with van der Waals surface area (Å²) in [7, 11) is 1.74. The zero-order chi connectivity index (χ0) is 15.8. The lowest BCUT2D eigenvalue weighted by molar-refractivity contribution is 0.123. The molecule has 1 aromatic rings. The smallest absolute Gasteiger partial charge is 0.191 e. The molecule has 0 aliphatic heterocycles. The molecule has 1 aliphatic rings. The number of ether oxygens (including phenoxy) is 1. The molecule has 0 atom stereocenters. The van der Waals surface area contributed by atoms with Gasteiger partial charge in [-0.2, -0.15) is 0 Å². The van der Waals surface area contributed by atoms with Crippen molar-refractivity contribution >= 4 is 5.96 Å². The van der Waals surface area contributed by atoms with E-state index in [0.29, 0.717) is 12.1 Å². The fourth-order valence-electron chi connectivity index (χ4n) is 2.14. The van der Waals surface area contributed by atoms with Crippen LogP contribution < -0.4 is 10.6 Å². The van der Waals surface area contributed by atoms with Gasteiger partial charge in [0.25, 0.3) is 0 Å². The second-order valence-corrected chi connectivity index (χ2v) is 5.81. The minimum Gasteiger partial charge on any atom is -0.381 e. The monoisotopic (exact) mass is 307 g/mol. The van der Waals surface area contributed by atoms with Gasteiger partial charge in [0.15, 0.2) is 5.96 Å². The summed E-state index contributed by atoms with van der Waals surface area (Å²) < 4.78 is 18.8. The number of aryl methyl sites for hydroxylation is 1. The van der Waals surface area contributed by atoms with Gasteiger partial charge in [-0.25, -0.2) is 4.39 Å². The molecule has 0 radical (unpaired) electrons. The van der Waals surface area contributed by atoms with E-state index in [1.54, 1.807) is 20.0 Å². The highest BCUT2D eigenvalue weighted by Gasteiger charge is 2.20. The molecule has 0 spiro atoms. The van der Waals surface area contributed by atoms with Crippen LogP contribution in [-0.2, 0) is 11.3 Å². The molecule has 122 valence electrons. The highest BCUT2D eigenvalue weighted by Crippen LogP contribution is 2.28. The third-order valence-corrected chi connectivity index (χ3v) is 3.71. The van der Waals surface area contributed by atoms with Gasteiger partial charge in [-0.3, -0.25) is 4.99 Å². The maximum atomic E-state index is 13.2. The van der Waals surface area contributed by atoms with Crippen molar-refractivity contribution in [3.63, 3.8) is 0 Å². The number of nitrogens with zero attached hydrogens (tertiary/aromatic N) is 1. The Morgan fingerprint density at radius 3 is 2.86 bits per heavy atom. The summed E-state index contributed by atoms with van der Waals surface area (Å²) in [4.78, 5) is 4.18. The fraction of sp³-hybridized carbons (Fsp3) is 0.588. The van der Waals surface area contributed by atoms with Crippen LogP contribution in [0, 0.1) is 18.7 Å².